The Morgan fingerprint density at radius 2 is 2.29 bits per heavy atom. The highest BCUT2D eigenvalue weighted by atomic mass is 31.1. The Bertz CT molecular complexity index is 56.1. The molecule has 0 amide bonds. The van der Waals surface area contributed by atoms with E-state index in [1.807, 2.05) is 0 Å². The Hall–Kier alpha value is 0.0200. The third kappa shape index (κ3) is 3.86. The lowest BCUT2D eigenvalue weighted by Gasteiger charge is -1.95. The fourth-order valence-electron chi connectivity index (χ4n) is 0.116. The minimum atomic E-state index is -0.730. The summed E-state index contributed by atoms with van der Waals surface area (Å²) in [5.41, 5.74) is 0. The van der Waals surface area contributed by atoms with Gasteiger partial charge in [0.05, 0.1) is 0 Å². The molecule has 3 nitrogen and oxygen atoms in total. The van der Waals surface area contributed by atoms with Gasteiger partial charge in [0, 0.05) is 7.11 Å². The first kappa shape index (κ1) is 7.02. The molecule has 0 aliphatic carbocycles. The maximum atomic E-state index is 9.62. The number of rotatable bonds is 3. The first-order chi connectivity index (χ1) is 3.31. The number of hydrogen-bond acceptors (Lipinski definition) is 3. The van der Waals surface area contributed by atoms with Crippen LogP contribution in [0.2, 0.25) is 0 Å². The summed E-state index contributed by atoms with van der Waals surface area (Å²) in [5, 5.41) is 0. The van der Waals surface area contributed by atoms with Crippen molar-refractivity contribution in [1.82, 2.24) is 0 Å². The van der Waals surface area contributed by atoms with Gasteiger partial charge in [-0.05, 0) is 11.5 Å². The quantitative estimate of drug-likeness (QED) is 0.413. The van der Waals surface area contributed by atoms with Gasteiger partial charge >= 0.3 is 8.69 Å². The van der Waals surface area contributed by atoms with Gasteiger partial charge in [-0.1, -0.05) is 0 Å². The Morgan fingerprint density at radius 1 is 1.71 bits per heavy atom. The Balaban J connectivity index is 2.98. The molecule has 0 bridgehead atoms. The summed E-state index contributed by atoms with van der Waals surface area (Å²) in [5.74, 6) is 0. The van der Waals surface area contributed by atoms with E-state index in [1.54, 1.807) is 6.92 Å². The molecular formula is C3H8O3P+. The smallest absolute Gasteiger partial charge is 0.352 e. The molecule has 0 heterocycles. The summed E-state index contributed by atoms with van der Waals surface area (Å²) in [6, 6.07) is 0. The van der Waals surface area contributed by atoms with Gasteiger partial charge in [-0.15, -0.1) is 4.52 Å². The molecule has 0 aromatic carbocycles. The van der Waals surface area contributed by atoms with Crippen LogP contribution in [0.3, 0.4) is 0 Å². The molecule has 0 aliphatic rings. The van der Waals surface area contributed by atoms with E-state index < -0.39 is 8.69 Å². The van der Waals surface area contributed by atoms with Gasteiger partial charge in [0.1, 0.15) is 0 Å². The monoisotopic (exact) mass is 123 g/mol. The molecule has 42 valence electrons. The summed E-state index contributed by atoms with van der Waals surface area (Å²) in [6.07, 6.45) is -0.351. The van der Waals surface area contributed by atoms with Crippen LogP contribution in [0.1, 0.15) is 6.92 Å². The summed E-state index contributed by atoms with van der Waals surface area (Å²) in [6.45, 7) is 1.67. The van der Waals surface area contributed by atoms with Gasteiger partial charge < -0.3 is 4.74 Å². The minimum absolute atomic E-state index is 0.351. The second kappa shape index (κ2) is 4.19. The Kier molecular flexibility index (Phi) is 4.20. The lowest BCUT2D eigenvalue weighted by molar-refractivity contribution is -0.0299. The van der Waals surface area contributed by atoms with Crippen molar-refractivity contribution < 1.29 is 13.8 Å². The lowest BCUT2D eigenvalue weighted by Crippen LogP contribution is -2.02. The van der Waals surface area contributed by atoms with Crippen LogP contribution >= 0.6 is 8.69 Å². The zero-order chi connectivity index (χ0) is 5.70. The molecule has 0 aromatic rings. The highest BCUT2D eigenvalue weighted by molar-refractivity contribution is 7.17. The Morgan fingerprint density at radius 3 is 2.43 bits per heavy atom. The van der Waals surface area contributed by atoms with Crippen molar-refractivity contribution in [2.24, 2.45) is 0 Å². The average Bonchev–Trinajstić information content (AvgIpc) is 1.68. The summed E-state index contributed by atoms with van der Waals surface area (Å²) < 4.78 is 18.6. The predicted octanol–water partition coefficient (Wildman–Crippen LogP) is 0.934. The van der Waals surface area contributed by atoms with Crippen LogP contribution in [0.25, 0.3) is 0 Å². The third-order valence-electron chi connectivity index (χ3n) is 0.546. The number of ether oxygens (including phenoxy) is 1. The first-order valence-electron chi connectivity index (χ1n) is 1.87. The molecule has 0 rings (SSSR count). The van der Waals surface area contributed by atoms with Gasteiger partial charge in [-0.3, -0.25) is 0 Å². The normalized spacial score (nSPS) is 14.6. The number of methoxy groups -OCH3 is 1. The van der Waals surface area contributed by atoms with Crippen LogP contribution in [0.4, 0.5) is 0 Å². The minimum Gasteiger partial charge on any atom is -0.352 e. The zero-order valence-corrected chi connectivity index (χ0v) is 5.30. The highest BCUT2D eigenvalue weighted by Gasteiger charge is 2.00. The van der Waals surface area contributed by atoms with Crippen molar-refractivity contribution in [3.8, 4) is 0 Å². The maximum absolute atomic E-state index is 9.62. The van der Waals surface area contributed by atoms with E-state index in [9.17, 15) is 4.57 Å². The van der Waals surface area contributed by atoms with Crippen LogP contribution < -0.4 is 0 Å². The van der Waals surface area contributed by atoms with E-state index >= 15 is 0 Å². The number of hydrogen-bond donors (Lipinski definition) is 0. The topological polar surface area (TPSA) is 35.5 Å². The van der Waals surface area contributed by atoms with Crippen molar-refractivity contribution >= 4 is 8.69 Å². The molecule has 0 spiro atoms. The predicted molar refractivity (Wildman–Crippen MR) is 26.6 cm³/mol. The standard InChI is InChI=1S/C3H8O3P/c1-3(5-2)6-7-4/h3,7H,1-2H3/q+1. The molecule has 0 N–H and O–H groups in total. The summed E-state index contributed by atoms with van der Waals surface area (Å²) in [4.78, 5) is 0. The van der Waals surface area contributed by atoms with E-state index in [4.69, 9.17) is 0 Å². The van der Waals surface area contributed by atoms with Gasteiger partial charge in [0.15, 0.2) is 0 Å². The van der Waals surface area contributed by atoms with Crippen LogP contribution in [0.5, 0.6) is 0 Å². The molecular weight excluding hydrogens is 115 g/mol. The van der Waals surface area contributed by atoms with Crippen molar-refractivity contribution in [2.45, 2.75) is 13.2 Å². The van der Waals surface area contributed by atoms with Gasteiger partial charge in [-0.2, -0.15) is 0 Å². The first-order valence-corrected chi connectivity index (χ1v) is 2.68. The van der Waals surface area contributed by atoms with Gasteiger partial charge in [0.2, 0.25) is 6.29 Å². The van der Waals surface area contributed by atoms with Crippen molar-refractivity contribution in [1.29, 1.82) is 0 Å². The largest absolute Gasteiger partial charge is 0.496 e. The zero-order valence-electron chi connectivity index (χ0n) is 4.30. The van der Waals surface area contributed by atoms with E-state index in [0.29, 0.717) is 0 Å². The molecule has 0 saturated heterocycles. The maximum Gasteiger partial charge on any atom is 0.496 e. The molecule has 0 fully saturated rings. The van der Waals surface area contributed by atoms with Gasteiger partial charge in [0.25, 0.3) is 0 Å². The van der Waals surface area contributed by atoms with Crippen LogP contribution in [0, 0.1) is 0 Å². The molecule has 2 atom stereocenters. The fourth-order valence-corrected chi connectivity index (χ4v) is 0.348. The molecule has 4 heteroatoms. The highest BCUT2D eigenvalue weighted by Crippen LogP contribution is 2.00. The van der Waals surface area contributed by atoms with Crippen molar-refractivity contribution in [2.75, 3.05) is 7.11 Å². The second-order valence-corrected chi connectivity index (χ2v) is 1.41. The van der Waals surface area contributed by atoms with Crippen LogP contribution in [-0.2, 0) is 13.8 Å². The van der Waals surface area contributed by atoms with Crippen LogP contribution in [-0.4, -0.2) is 13.4 Å². The van der Waals surface area contributed by atoms with E-state index in [0.717, 1.165) is 0 Å². The Labute approximate surface area is 43.9 Å². The summed E-state index contributed by atoms with van der Waals surface area (Å²) in [7, 11) is 0.761. The van der Waals surface area contributed by atoms with E-state index in [2.05, 4.69) is 9.26 Å². The SMILES string of the molecule is COC(C)O[PH+]=O. The lowest BCUT2D eigenvalue weighted by atomic mass is 10.8. The average molecular weight is 123 g/mol. The van der Waals surface area contributed by atoms with E-state index in [1.165, 1.54) is 7.11 Å². The van der Waals surface area contributed by atoms with Crippen molar-refractivity contribution in [3.05, 3.63) is 0 Å². The van der Waals surface area contributed by atoms with E-state index in [-0.39, 0.29) is 6.29 Å². The molecule has 7 heavy (non-hydrogen) atoms. The van der Waals surface area contributed by atoms with Crippen molar-refractivity contribution in [3.63, 3.8) is 0 Å². The fraction of sp³-hybridized carbons (Fsp3) is 1.00. The molecule has 0 saturated carbocycles. The van der Waals surface area contributed by atoms with Gasteiger partial charge in [-0.25, -0.2) is 0 Å². The van der Waals surface area contributed by atoms with Crippen LogP contribution in [0.15, 0.2) is 0 Å². The molecule has 2 unspecified atom stereocenters. The molecule has 0 aromatic heterocycles. The third-order valence-corrected chi connectivity index (χ3v) is 0.974. The second-order valence-electron chi connectivity index (χ2n) is 1.00. The molecule has 0 aliphatic heterocycles. The molecule has 0 radical (unpaired) electrons. The summed E-state index contributed by atoms with van der Waals surface area (Å²) >= 11 is 0.